The predicted octanol–water partition coefficient (Wildman–Crippen LogP) is 3.39. The molecule has 0 saturated carbocycles. The highest BCUT2D eigenvalue weighted by Crippen LogP contribution is 2.20. The number of fused-ring (bicyclic) bond motifs is 1. The van der Waals surface area contributed by atoms with Crippen LogP contribution in [0.15, 0.2) is 54.9 Å². The molecule has 3 rings (SSSR count). The first kappa shape index (κ1) is 10.1. The fourth-order valence-electron chi connectivity index (χ4n) is 2.23. The fraction of sp³-hybridized carbons (Fsp3) is 0.133. The molecule has 2 heteroatoms. The first-order valence-corrected chi connectivity index (χ1v) is 5.78. The third-order valence-electron chi connectivity index (χ3n) is 3.11. The second kappa shape index (κ2) is 4.06. The van der Waals surface area contributed by atoms with Crippen LogP contribution in [0, 0.1) is 6.92 Å². The minimum Gasteiger partial charge on any atom is -0.340 e. The molecule has 0 unspecified atom stereocenters. The Bertz CT molecular complexity index is 638. The molecular weight excluding hydrogens is 208 g/mol. The molecule has 0 amide bonds. The van der Waals surface area contributed by atoms with E-state index in [1.54, 1.807) is 0 Å². The molecular formula is C15H14N2. The Labute approximate surface area is 101 Å². The van der Waals surface area contributed by atoms with Crippen LogP contribution < -0.4 is 0 Å². The van der Waals surface area contributed by atoms with Crippen molar-refractivity contribution in [3.8, 4) is 0 Å². The normalized spacial score (nSPS) is 10.9. The standard InChI is InChI=1S/C15H14N2/c1-12-10-14-4-2-3-5-15(14)17(12)11-13-6-8-16-9-7-13/h2-10H,11H2,1H3. The van der Waals surface area contributed by atoms with Crippen molar-refractivity contribution < 1.29 is 0 Å². The SMILES string of the molecule is Cc1cc2ccccc2n1Cc1ccncc1. The van der Waals surface area contributed by atoms with Crippen molar-refractivity contribution in [2.24, 2.45) is 0 Å². The Morgan fingerprint density at radius 1 is 1.06 bits per heavy atom. The maximum absolute atomic E-state index is 4.05. The summed E-state index contributed by atoms with van der Waals surface area (Å²) in [6.07, 6.45) is 3.69. The van der Waals surface area contributed by atoms with E-state index in [2.05, 4.69) is 58.9 Å². The zero-order valence-corrected chi connectivity index (χ0v) is 9.80. The molecule has 0 radical (unpaired) electrons. The zero-order chi connectivity index (χ0) is 11.7. The summed E-state index contributed by atoms with van der Waals surface area (Å²) in [6, 6.07) is 14.9. The topological polar surface area (TPSA) is 17.8 Å². The van der Waals surface area contributed by atoms with E-state index < -0.39 is 0 Å². The first-order valence-electron chi connectivity index (χ1n) is 5.78. The quantitative estimate of drug-likeness (QED) is 0.650. The van der Waals surface area contributed by atoms with E-state index in [1.807, 2.05) is 12.4 Å². The maximum Gasteiger partial charge on any atom is 0.0485 e. The van der Waals surface area contributed by atoms with Gasteiger partial charge in [0.2, 0.25) is 0 Å². The molecule has 2 heterocycles. The molecule has 2 nitrogen and oxygen atoms in total. The number of aryl methyl sites for hydroxylation is 1. The summed E-state index contributed by atoms with van der Waals surface area (Å²) >= 11 is 0. The van der Waals surface area contributed by atoms with Gasteiger partial charge < -0.3 is 4.57 Å². The van der Waals surface area contributed by atoms with Gasteiger partial charge in [0.1, 0.15) is 0 Å². The fourth-order valence-corrected chi connectivity index (χ4v) is 2.23. The van der Waals surface area contributed by atoms with Crippen molar-refractivity contribution >= 4 is 10.9 Å². The number of nitrogens with zero attached hydrogens (tertiary/aromatic N) is 2. The molecule has 0 saturated heterocycles. The van der Waals surface area contributed by atoms with E-state index in [1.165, 1.54) is 22.2 Å². The van der Waals surface area contributed by atoms with Crippen LogP contribution in [0.4, 0.5) is 0 Å². The predicted molar refractivity (Wildman–Crippen MR) is 70.0 cm³/mol. The van der Waals surface area contributed by atoms with E-state index in [4.69, 9.17) is 0 Å². The van der Waals surface area contributed by atoms with Crippen molar-refractivity contribution in [3.05, 3.63) is 66.1 Å². The van der Waals surface area contributed by atoms with E-state index in [9.17, 15) is 0 Å². The third kappa shape index (κ3) is 1.82. The lowest BCUT2D eigenvalue weighted by molar-refractivity contribution is 0.803. The second-order valence-corrected chi connectivity index (χ2v) is 4.29. The van der Waals surface area contributed by atoms with Gasteiger partial charge in [-0.1, -0.05) is 18.2 Å². The lowest BCUT2D eigenvalue weighted by Gasteiger charge is -2.08. The van der Waals surface area contributed by atoms with Crippen LogP contribution in [0.25, 0.3) is 10.9 Å². The minimum atomic E-state index is 0.905. The molecule has 2 aromatic heterocycles. The van der Waals surface area contributed by atoms with E-state index >= 15 is 0 Å². The molecule has 1 aromatic carbocycles. The van der Waals surface area contributed by atoms with Crippen molar-refractivity contribution in [2.45, 2.75) is 13.5 Å². The summed E-state index contributed by atoms with van der Waals surface area (Å²) in [7, 11) is 0. The highest BCUT2D eigenvalue weighted by molar-refractivity contribution is 5.81. The van der Waals surface area contributed by atoms with E-state index in [0.29, 0.717) is 0 Å². The summed E-state index contributed by atoms with van der Waals surface area (Å²) in [5.41, 5.74) is 3.87. The largest absolute Gasteiger partial charge is 0.340 e. The van der Waals surface area contributed by atoms with Gasteiger partial charge in [-0.25, -0.2) is 0 Å². The van der Waals surface area contributed by atoms with Gasteiger partial charge in [0.05, 0.1) is 0 Å². The molecule has 0 fully saturated rings. The van der Waals surface area contributed by atoms with Gasteiger partial charge in [-0.3, -0.25) is 4.98 Å². The number of aromatic nitrogens is 2. The summed E-state index contributed by atoms with van der Waals surface area (Å²) in [6.45, 7) is 3.06. The summed E-state index contributed by atoms with van der Waals surface area (Å²) < 4.78 is 2.34. The van der Waals surface area contributed by atoms with Crippen LogP contribution in [0.3, 0.4) is 0 Å². The Hall–Kier alpha value is -2.09. The first-order chi connectivity index (χ1) is 8.34. The van der Waals surface area contributed by atoms with Gasteiger partial charge in [-0.05, 0) is 42.1 Å². The number of benzene rings is 1. The smallest absolute Gasteiger partial charge is 0.0485 e. The summed E-state index contributed by atoms with van der Waals surface area (Å²) in [4.78, 5) is 4.05. The van der Waals surface area contributed by atoms with Gasteiger partial charge in [0.15, 0.2) is 0 Å². The van der Waals surface area contributed by atoms with Crippen molar-refractivity contribution in [2.75, 3.05) is 0 Å². The van der Waals surface area contributed by atoms with Crippen LogP contribution in [-0.2, 0) is 6.54 Å². The molecule has 17 heavy (non-hydrogen) atoms. The maximum atomic E-state index is 4.05. The molecule has 0 spiro atoms. The molecule has 0 bridgehead atoms. The van der Waals surface area contributed by atoms with Crippen molar-refractivity contribution in [1.29, 1.82) is 0 Å². The lowest BCUT2D eigenvalue weighted by Crippen LogP contribution is -2.01. The molecule has 0 aliphatic heterocycles. The molecule has 84 valence electrons. The van der Waals surface area contributed by atoms with Gasteiger partial charge in [-0.15, -0.1) is 0 Å². The lowest BCUT2D eigenvalue weighted by atomic mass is 10.2. The third-order valence-corrected chi connectivity index (χ3v) is 3.11. The van der Waals surface area contributed by atoms with Crippen LogP contribution in [0.2, 0.25) is 0 Å². The van der Waals surface area contributed by atoms with Crippen LogP contribution in [0.5, 0.6) is 0 Å². The Morgan fingerprint density at radius 2 is 1.82 bits per heavy atom. The molecule has 0 N–H and O–H groups in total. The van der Waals surface area contributed by atoms with E-state index in [-0.39, 0.29) is 0 Å². The Balaban J connectivity index is 2.08. The molecule has 3 aromatic rings. The average Bonchev–Trinajstić information content (AvgIpc) is 2.68. The molecule has 0 aliphatic carbocycles. The van der Waals surface area contributed by atoms with Crippen molar-refractivity contribution in [3.63, 3.8) is 0 Å². The monoisotopic (exact) mass is 222 g/mol. The van der Waals surface area contributed by atoms with Crippen molar-refractivity contribution in [1.82, 2.24) is 9.55 Å². The minimum absolute atomic E-state index is 0.905. The van der Waals surface area contributed by atoms with E-state index in [0.717, 1.165) is 6.54 Å². The summed E-state index contributed by atoms with van der Waals surface area (Å²) in [5, 5.41) is 1.30. The highest BCUT2D eigenvalue weighted by atomic mass is 15.0. The van der Waals surface area contributed by atoms with Crippen LogP contribution in [-0.4, -0.2) is 9.55 Å². The molecule has 0 atom stereocenters. The Morgan fingerprint density at radius 3 is 2.65 bits per heavy atom. The molecule has 0 aliphatic rings. The van der Waals surface area contributed by atoms with Crippen LogP contribution in [0.1, 0.15) is 11.3 Å². The van der Waals surface area contributed by atoms with Gasteiger partial charge in [0, 0.05) is 30.1 Å². The number of rotatable bonds is 2. The highest BCUT2D eigenvalue weighted by Gasteiger charge is 2.04. The average molecular weight is 222 g/mol. The van der Waals surface area contributed by atoms with Gasteiger partial charge in [0.25, 0.3) is 0 Å². The number of pyridine rings is 1. The van der Waals surface area contributed by atoms with Gasteiger partial charge >= 0.3 is 0 Å². The number of hydrogen-bond donors (Lipinski definition) is 0. The second-order valence-electron chi connectivity index (χ2n) is 4.29. The number of para-hydroxylation sites is 1. The number of hydrogen-bond acceptors (Lipinski definition) is 1. The Kier molecular flexibility index (Phi) is 2.41. The zero-order valence-electron chi connectivity index (χ0n) is 9.80. The van der Waals surface area contributed by atoms with Gasteiger partial charge in [-0.2, -0.15) is 0 Å². The van der Waals surface area contributed by atoms with Crippen LogP contribution >= 0.6 is 0 Å². The summed E-state index contributed by atoms with van der Waals surface area (Å²) in [5.74, 6) is 0.